The summed E-state index contributed by atoms with van der Waals surface area (Å²) in [6.07, 6.45) is 0.720. The Balaban J connectivity index is 1.90. The fraction of sp³-hybridized carbons (Fsp3) is 0.409. The van der Waals surface area contributed by atoms with Gasteiger partial charge in [0.2, 0.25) is 5.88 Å². The molecule has 162 valence electrons. The highest BCUT2D eigenvalue weighted by Gasteiger charge is 2.52. The Kier molecular flexibility index (Phi) is 6.36. The molecule has 1 aliphatic rings. The number of carbonyl (C=O) groups is 1. The van der Waals surface area contributed by atoms with E-state index in [-0.39, 0.29) is 18.1 Å². The van der Waals surface area contributed by atoms with Crippen LogP contribution in [0.15, 0.2) is 30.3 Å². The number of anilines is 1. The highest BCUT2D eigenvalue weighted by atomic mass is 16.7. The first-order chi connectivity index (χ1) is 14.6. The quantitative estimate of drug-likeness (QED) is 0.534. The summed E-state index contributed by atoms with van der Waals surface area (Å²) in [5, 5.41) is 18.5. The van der Waals surface area contributed by atoms with Crippen LogP contribution in [-0.4, -0.2) is 54.9 Å². The number of carbonyl (C=O) groups excluding carboxylic acids is 1. The van der Waals surface area contributed by atoms with Crippen molar-refractivity contribution in [2.75, 3.05) is 25.1 Å². The average Bonchev–Trinajstić information content (AvgIpc) is 2.94. The van der Waals surface area contributed by atoms with Crippen molar-refractivity contribution < 1.29 is 23.9 Å². The highest BCUT2D eigenvalue weighted by molar-refractivity contribution is 6.63. The molecule has 3 rings (SSSR count). The number of hydrogen-bond donors (Lipinski definition) is 1. The number of benzene rings is 1. The molecule has 1 N–H and O–H groups in total. The van der Waals surface area contributed by atoms with E-state index >= 15 is 0 Å². The molecule has 31 heavy (non-hydrogen) atoms. The van der Waals surface area contributed by atoms with Crippen LogP contribution in [0.2, 0.25) is 0 Å². The molecule has 0 unspecified atom stereocenters. The second-order valence-electron chi connectivity index (χ2n) is 8.38. The maximum Gasteiger partial charge on any atom is 0.495 e. The van der Waals surface area contributed by atoms with Gasteiger partial charge in [0.1, 0.15) is 29.5 Å². The standard InChI is InChI=1S/C22H26BN3O5/c1-21(2)22(3,4)31-23(30-21)18-8-7-17(12-16(18)14-28)29-20-15(13-24)6-9-19(25-20)26(5)10-11-27/h6-9,12,14,27H,10-11H2,1-5H3. The molecule has 1 saturated heterocycles. The first-order valence-electron chi connectivity index (χ1n) is 9.97. The van der Waals surface area contributed by atoms with Crippen molar-refractivity contribution in [2.24, 2.45) is 0 Å². The lowest BCUT2D eigenvalue weighted by Gasteiger charge is -2.32. The average molecular weight is 423 g/mol. The third kappa shape index (κ3) is 4.56. The van der Waals surface area contributed by atoms with Crippen LogP contribution in [0.3, 0.4) is 0 Å². The zero-order chi connectivity index (χ0) is 22.8. The largest absolute Gasteiger partial charge is 0.495 e. The van der Waals surface area contributed by atoms with E-state index in [4.69, 9.17) is 19.2 Å². The van der Waals surface area contributed by atoms with Crippen molar-refractivity contribution >= 4 is 24.7 Å². The number of aromatic nitrogens is 1. The molecule has 2 heterocycles. The predicted molar refractivity (Wildman–Crippen MR) is 117 cm³/mol. The minimum absolute atomic E-state index is 0.0303. The molecule has 1 aromatic heterocycles. The molecular formula is C22H26BN3O5. The minimum Gasteiger partial charge on any atom is -0.438 e. The second-order valence-corrected chi connectivity index (χ2v) is 8.38. The van der Waals surface area contributed by atoms with Crippen molar-refractivity contribution in [3.05, 3.63) is 41.5 Å². The lowest BCUT2D eigenvalue weighted by atomic mass is 9.76. The number of aliphatic hydroxyl groups excluding tert-OH is 1. The monoisotopic (exact) mass is 423 g/mol. The van der Waals surface area contributed by atoms with E-state index in [1.165, 1.54) is 0 Å². The molecule has 0 spiro atoms. The third-order valence-electron chi connectivity index (χ3n) is 5.70. The van der Waals surface area contributed by atoms with Crippen LogP contribution in [0.1, 0.15) is 43.6 Å². The van der Waals surface area contributed by atoms with E-state index in [0.29, 0.717) is 29.1 Å². The number of nitriles is 1. The fourth-order valence-corrected chi connectivity index (χ4v) is 3.09. The molecule has 0 atom stereocenters. The summed E-state index contributed by atoms with van der Waals surface area (Å²) in [6.45, 7) is 8.14. The van der Waals surface area contributed by atoms with Gasteiger partial charge in [-0.3, -0.25) is 4.79 Å². The predicted octanol–water partition coefficient (Wildman–Crippen LogP) is 2.29. The van der Waals surface area contributed by atoms with Gasteiger partial charge in [-0.1, -0.05) is 6.07 Å². The van der Waals surface area contributed by atoms with Gasteiger partial charge in [-0.05, 0) is 57.4 Å². The maximum atomic E-state index is 11.8. The molecule has 1 aliphatic heterocycles. The first kappa shape index (κ1) is 22.8. The Morgan fingerprint density at radius 2 is 1.90 bits per heavy atom. The molecule has 0 aliphatic carbocycles. The van der Waals surface area contributed by atoms with Gasteiger partial charge >= 0.3 is 7.12 Å². The first-order valence-corrected chi connectivity index (χ1v) is 9.97. The van der Waals surface area contributed by atoms with Crippen LogP contribution in [-0.2, 0) is 9.31 Å². The van der Waals surface area contributed by atoms with Crippen molar-refractivity contribution in [3.63, 3.8) is 0 Å². The molecule has 1 aromatic carbocycles. The maximum absolute atomic E-state index is 11.8. The van der Waals surface area contributed by atoms with Crippen LogP contribution in [0, 0.1) is 11.3 Å². The van der Waals surface area contributed by atoms with E-state index in [1.807, 2.05) is 27.7 Å². The van der Waals surface area contributed by atoms with Gasteiger partial charge in [0.05, 0.1) is 17.8 Å². The molecular weight excluding hydrogens is 397 g/mol. The summed E-state index contributed by atoms with van der Waals surface area (Å²) >= 11 is 0. The van der Waals surface area contributed by atoms with Crippen LogP contribution in [0.25, 0.3) is 0 Å². The van der Waals surface area contributed by atoms with E-state index in [9.17, 15) is 10.1 Å². The number of ether oxygens (including phenoxy) is 1. The molecule has 0 radical (unpaired) electrons. The Hall–Kier alpha value is -2.93. The van der Waals surface area contributed by atoms with Gasteiger partial charge in [0.25, 0.3) is 0 Å². The summed E-state index contributed by atoms with van der Waals surface area (Å²) < 4.78 is 17.9. The summed E-state index contributed by atoms with van der Waals surface area (Å²) in [6, 6.07) is 10.3. The van der Waals surface area contributed by atoms with Crippen molar-refractivity contribution in [1.82, 2.24) is 4.98 Å². The summed E-state index contributed by atoms with van der Waals surface area (Å²) in [7, 11) is 1.10. The lowest BCUT2D eigenvalue weighted by molar-refractivity contribution is 0.00578. The minimum atomic E-state index is -0.678. The van der Waals surface area contributed by atoms with Crippen LogP contribution in [0.5, 0.6) is 11.6 Å². The second kappa shape index (κ2) is 8.67. The Morgan fingerprint density at radius 3 is 2.48 bits per heavy atom. The Morgan fingerprint density at radius 1 is 1.23 bits per heavy atom. The number of aldehydes is 1. The third-order valence-corrected chi connectivity index (χ3v) is 5.70. The number of hydrogen-bond acceptors (Lipinski definition) is 8. The zero-order valence-electron chi connectivity index (χ0n) is 18.4. The fourth-order valence-electron chi connectivity index (χ4n) is 3.09. The van der Waals surface area contributed by atoms with E-state index in [2.05, 4.69) is 11.1 Å². The van der Waals surface area contributed by atoms with Crippen molar-refractivity contribution in [1.29, 1.82) is 5.26 Å². The molecule has 9 heteroatoms. The normalized spacial score (nSPS) is 16.6. The van der Waals surface area contributed by atoms with Crippen molar-refractivity contribution in [2.45, 2.75) is 38.9 Å². The van der Waals surface area contributed by atoms with Gasteiger partial charge in [-0.15, -0.1) is 0 Å². The van der Waals surface area contributed by atoms with Crippen LogP contribution >= 0.6 is 0 Å². The van der Waals surface area contributed by atoms with E-state index in [1.54, 1.807) is 42.3 Å². The molecule has 1 fully saturated rings. The lowest BCUT2D eigenvalue weighted by Crippen LogP contribution is -2.41. The number of likely N-dealkylation sites (N-methyl/N-ethyl adjacent to an activating group) is 1. The topological polar surface area (TPSA) is 105 Å². The Labute approximate surface area is 182 Å². The molecule has 0 amide bonds. The van der Waals surface area contributed by atoms with E-state index in [0.717, 1.165) is 6.29 Å². The summed E-state index contributed by atoms with van der Waals surface area (Å²) in [4.78, 5) is 17.9. The van der Waals surface area contributed by atoms with Gasteiger partial charge in [0, 0.05) is 19.2 Å². The molecule has 0 bridgehead atoms. The van der Waals surface area contributed by atoms with Crippen molar-refractivity contribution in [3.8, 4) is 17.7 Å². The van der Waals surface area contributed by atoms with Crippen LogP contribution in [0.4, 0.5) is 5.82 Å². The Bertz CT molecular complexity index is 1000. The molecule has 2 aromatic rings. The zero-order valence-corrected chi connectivity index (χ0v) is 18.4. The molecule has 8 nitrogen and oxygen atoms in total. The highest BCUT2D eigenvalue weighted by Crippen LogP contribution is 2.37. The SMILES string of the molecule is CN(CCO)c1ccc(C#N)c(Oc2ccc(B3OC(C)(C)C(C)(C)O3)c(C=O)c2)n1. The van der Waals surface area contributed by atoms with Gasteiger partial charge in [0.15, 0.2) is 0 Å². The summed E-state index contributed by atoms with van der Waals surface area (Å²) in [5.41, 5.74) is 0.164. The van der Waals surface area contributed by atoms with Crippen LogP contribution < -0.4 is 15.1 Å². The number of rotatable bonds is 7. The number of nitrogens with zero attached hydrogens (tertiary/aromatic N) is 3. The van der Waals surface area contributed by atoms with Gasteiger partial charge < -0.3 is 24.1 Å². The van der Waals surface area contributed by atoms with Gasteiger partial charge in [-0.25, -0.2) is 0 Å². The molecule has 0 saturated carbocycles. The van der Waals surface area contributed by atoms with E-state index < -0.39 is 18.3 Å². The number of aliphatic hydroxyl groups is 1. The number of pyridine rings is 1. The smallest absolute Gasteiger partial charge is 0.438 e. The summed E-state index contributed by atoms with van der Waals surface area (Å²) in [5.74, 6) is 1.02. The van der Waals surface area contributed by atoms with Gasteiger partial charge in [-0.2, -0.15) is 10.2 Å².